The number of hydrogen-bond acceptors (Lipinski definition) is 3. The molecule has 6 heteroatoms. The molecular weight excluding hydrogens is 380 g/mol. The fourth-order valence-electron chi connectivity index (χ4n) is 2.50. The topological polar surface area (TPSA) is 59.0 Å². The van der Waals surface area contributed by atoms with Gasteiger partial charge in [0.05, 0.1) is 11.7 Å². The molecule has 25 heavy (non-hydrogen) atoms. The second kappa shape index (κ2) is 8.34. The van der Waals surface area contributed by atoms with E-state index in [0.717, 1.165) is 28.5 Å². The highest BCUT2D eigenvalue weighted by Crippen LogP contribution is 2.24. The van der Waals surface area contributed by atoms with E-state index in [1.54, 1.807) is 17.1 Å². The monoisotopic (exact) mass is 404 g/mol. The highest BCUT2D eigenvalue weighted by atomic mass is 79.9. The molecule has 1 aliphatic rings. The molecule has 2 N–H and O–H groups in total. The van der Waals surface area contributed by atoms with Crippen molar-refractivity contribution in [1.29, 1.82) is 0 Å². The highest BCUT2D eigenvalue weighted by molar-refractivity contribution is 9.11. The minimum atomic E-state index is -0.481. The number of nitrogens with one attached hydrogen (secondary N) is 2. The van der Waals surface area contributed by atoms with Crippen LogP contribution in [-0.2, 0) is 17.4 Å². The van der Waals surface area contributed by atoms with E-state index in [4.69, 9.17) is 0 Å². The summed E-state index contributed by atoms with van der Waals surface area (Å²) in [5.74, 6) is -0.147. The van der Waals surface area contributed by atoms with Gasteiger partial charge in [-0.2, -0.15) is 5.10 Å². The van der Waals surface area contributed by atoms with Crippen LogP contribution < -0.4 is 10.6 Å². The van der Waals surface area contributed by atoms with Gasteiger partial charge in [-0.3, -0.25) is 9.48 Å². The maximum absolute atomic E-state index is 12.9. The molecule has 1 unspecified atom stereocenters. The van der Waals surface area contributed by atoms with Gasteiger partial charge in [-0.05, 0) is 50.6 Å². The maximum atomic E-state index is 12.9. The van der Waals surface area contributed by atoms with Crippen LogP contribution in [0.2, 0.25) is 0 Å². The largest absolute Gasteiger partial charge is 0.358 e. The molecule has 1 aliphatic heterocycles. The average Bonchev–Trinajstić information content (AvgIpc) is 3.00. The zero-order valence-electron chi connectivity index (χ0n) is 15.1. The molecule has 1 aromatic heterocycles. The number of aromatic nitrogens is 2. The number of hydrogen-bond donors (Lipinski definition) is 2. The van der Waals surface area contributed by atoms with Gasteiger partial charge >= 0.3 is 0 Å². The number of aryl methyl sites for hydroxylation is 1. The summed E-state index contributed by atoms with van der Waals surface area (Å²) in [6.45, 7) is 6.03. The Morgan fingerprint density at radius 1 is 1.48 bits per heavy atom. The Kier molecular flexibility index (Phi) is 6.42. The molecule has 0 saturated heterocycles. The third-order valence-corrected chi connectivity index (χ3v) is 4.78. The quantitative estimate of drug-likeness (QED) is 0.802. The van der Waals surface area contributed by atoms with E-state index in [-0.39, 0.29) is 5.91 Å². The molecule has 2 heterocycles. The number of rotatable bonds is 4. The molecule has 134 valence electrons. The van der Waals surface area contributed by atoms with E-state index < -0.39 is 5.54 Å². The summed E-state index contributed by atoms with van der Waals surface area (Å²) in [4.78, 5) is 12.9. The normalized spacial score (nSPS) is 23.0. The molecule has 5 nitrogen and oxygen atoms in total. The molecule has 0 saturated carbocycles. The maximum Gasteiger partial charge on any atom is 0.268 e. The Morgan fingerprint density at radius 2 is 2.24 bits per heavy atom. The number of carbonyl (C=O) groups excluding carboxylic acids is 1. The van der Waals surface area contributed by atoms with Crippen LogP contribution in [0.15, 0.2) is 58.7 Å². The Labute approximate surface area is 157 Å². The predicted molar refractivity (Wildman–Crippen MR) is 105 cm³/mol. The first kappa shape index (κ1) is 19.2. The first-order chi connectivity index (χ1) is 11.8. The SMILES string of the molecule is CCC(C)(NC(=O)/C1=C/C(C)=C/C(Br)=CC/C=C/N1)c1cnn(C)c1. The molecule has 0 spiro atoms. The summed E-state index contributed by atoms with van der Waals surface area (Å²) in [6.07, 6.45) is 15.0. The standard InChI is InChI=1S/C19H25BrN4O/c1-5-19(3,15-12-22-24(4)13-15)23-18(25)17-11-14(2)10-16(20)8-6-7-9-21-17/h7-13,21H,5-6H2,1-4H3,(H,23,25)/b9-7+,14-10+,16-8?,17-11-. The molecule has 0 aromatic carbocycles. The molecule has 1 aromatic rings. The van der Waals surface area contributed by atoms with Crippen LogP contribution in [0.3, 0.4) is 0 Å². The van der Waals surface area contributed by atoms with Crippen LogP contribution in [0.4, 0.5) is 0 Å². The van der Waals surface area contributed by atoms with Crippen molar-refractivity contribution in [3.63, 3.8) is 0 Å². The Hall–Kier alpha value is -2.08. The highest BCUT2D eigenvalue weighted by Gasteiger charge is 2.29. The molecule has 0 bridgehead atoms. The van der Waals surface area contributed by atoms with Crippen molar-refractivity contribution in [2.24, 2.45) is 7.05 Å². The van der Waals surface area contributed by atoms with Gasteiger partial charge in [0.1, 0.15) is 5.70 Å². The van der Waals surface area contributed by atoms with E-state index in [2.05, 4.69) is 44.7 Å². The van der Waals surface area contributed by atoms with Crippen LogP contribution in [0.1, 0.15) is 39.2 Å². The third-order valence-electron chi connectivity index (χ3n) is 4.23. The predicted octanol–water partition coefficient (Wildman–Crippen LogP) is 3.78. The fraction of sp³-hybridized carbons (Fsp3) is 0.368. The summed E-state index contributed by atoms with van der Waals surface area (Å²) >= 11 is 3.51. The zero-order chi connectivity index (χ0) is 18.4. The van der Waals surface area contributed by atoms with Crippen molar-refractivity contribution < 1.29 is 4.79 Å². The van der Waals surface area contributed by atoms with Crippen LogP contribution in [0.25, 0.3) is 0 Å². The van der Waals surface area contributed by atoms with Gasteiger partial charge in [0.2, 0.25) is 0 Å². The van der Waals surface area contributed by atoms with Crippen molar-refractivity contribution in [2.75, 3.05) is 0 Å². The van der Waals surface area contributed by atoms with Crippen LogP contribution in [-0.4, -0.2) is 15.7 Å². The number of nitrogens with zero attached hydrogens (tertiary/aromatic N) is 2. The third kappa shape index (κ3) is 5.19. The van der Waals surface area contributed by atoms with E-state index >= 15 is 0 Å². The van der Waals surface area contributed by atoms with Crippen molar-refractivity contribution in [1.82, 2.24) is 20.4 Å². The Balaban J connectivity index is 2.27. The fourth-order valence-corrected chi connectivity index (χ4v) is 3.05. The summed E-state index contributed by atoms with van der Waals surface area (Å²) in [5.41, 5.74) is 2.00. The van der Waals surface area contributed by atoms with Gasteiger partial charge in [-0.15, -0.1) is 0 Å². The molecule has 0 fully saturated rings. The van der Waals surface area contributed by atoms with Gasteiger partial charge in [0, 0.05) is 23.3 Å². The van der Waals surface area contributed by atoms with Crippen molar-refractivity contribution in [3.8, 4) is 0 Å². The number of carbonyl (C=O) groups is 1. The molecule has 2 rings (SSSR count). The van der Waals surface area contributed by atoms with Crippen LogP contribution in [0, 0.1) is 0 Å². The lowest BCUT2D eigenvalue weighted by Gasteiger charge is -2.29. The van der Waals surface area contributed by atoms with Crippen LogP contribution in [0.5, 0.6) is 0 Å². The van der Waals surface area contributed by atoms with Gasteiger partial charge in [0.25, 0.3) is 5.91 Å². The van der Waals surface area contributed by atoms with Crippen molar-refractivity contribution in [2.45, 2.75) is 39.2 Å². The molecule has 0 aliphatic carbocycles. The van der Waals surface area contributed by atoms with Crippen LogP contribution >= 0.6 is 15.9 Å². The second-order valence-electron chi connectivity index (χ2n) is 6.36. The molecular formula is C19H25BrN4O. The van der Waals surface area contributed by atoms with E-state index in [0.29, 0.717) is 5.70 Å². The first-order valence-electron chi connectivity index (χ1n) is 8.33. The van der Waals surface area contributed by atoms with Gasteiger partial charge < -0.3 is 10.6 Å². The number of halogens is 1. The molecule has 0 radical (unpaired) electrons. The summed E-state index contributed by atoms with van der Waals surface area (Å²) in [5, 5.41) is 10.5. The smallest absolute Gasteiger partial charge is 0.268 e. The average molecular weight is 405 g/mol. The first-order valence-corrected chi connectivity index (χ1v) is 9.12. The Morgan fingerprint density at radius 3 is 2.88 bits per heavy atom. The lowest BCUT2D eigenvalue weighted by molar-refractivity contribution is -0.119. The minimum absolute atomic E-state index is 0.147. The Bertz CT molecular complexity index is 757. The van der Waals surface area contributed by atoms with E-state index in [1.165, 1.54) is 0 Å². The summed E-state index contributed by atoms with van der Waals surface area (Å²) in [7, 11) is 1.87. The van der Waals surface area contributed by atoms with E-state index in [9.17, 15) is 4.79 Å². The lowest BCUT2D eigenvalue weighted by Crippen LogP contribution is -2.45. The second-order valence-corrected chi connectivity index (χ2v) is 7.28. The number of allylic oxidation sites excluding steroid dienone is 6. The lowest BCUT2D eigenvalue weighted by atomic mass is 9.91. The van der Waals surface area contributed by atoms with Gasteiger partial charge in [-0.1, -0.05) is 35.0 Å². The molecule has 1 amide bonds. The zero-order valence-corrected chi connectivity index (χ0v) is 16.7. The molecule has 1 atom stereocenters. The van der Waals surface area contributed by atoms with Crippen molar-refractivity contribution in [3.05, 3.63) is 64.2 Å². The van der Waals surface area contributed by atoms with Crippen molar-refractivity contribution >= 4 is 21.8 Å². The summed E-state index contributed by atoms with van der Waals surface area (Å²) in [6, 6.07) is 0. The minimum Gasteiger partial charge on any atom is -0.358 e. The summed E-state index contributed by atoms with van der Waals surface area (Å²) < 4.78 is 2.75. The van der Waals surface area contributed by atoms with Gasteiger partial charge in [0.15, 0.2) is 0 Å². The van der Waals surface area contributed by atoms with Gasteiger partial charge in [-0.25, -0.2) is 0 Å². The number of amides is 1. The van der Waals surface area contributed by atoms with E-state index in [1.807, 2.05) is 45.3 Å².